The molecule has 0 aromatic carbocycles. The smallest absolute Gasteiger partial charge is 0.0624 e. The maximum atomic E-state index is 6.03. The Balaban J connectivity index is 1.70. The minimum Gasteiger partial charge on any atom is -0.375 e. The first-order chi connectivity index (χ1) is 8.83. The third-order valence-electron chi connectivity index (χ3n) is 5.76. The molecule has 2 heterocycles. The second kappa shape index (κ2) is 5.48. The van der Waals surface area contributed by atoms with E-state index < -0.39 is 0 Å². The lowest BCUT2D eigenvalue weighted by Crippen LogP contribution is -2.51. The lowest BCUT2D eigenvalue weighted by Gasteiger charge is -2.40. The van der Waals surface area contributed by atoms with Crippen LogP contribution in [0.4, 0.5) is 0 Å². The van der Waals surface area contributed by atoms with Crippen molar-refractivity contribution in [3.8, 4) is 0 Å². The van der Waals surface area contributed by atoms with E-state index in [1.165, 1.54) is 51.4 Å². The monoisotopic (exact) mass is 252 g/mol. The molecule has 104 valence electrons. The molecule has 0 aromatic rings. The lowest BCUT2D eigenvalue weighted by molar-refractivity contribution is 0.0649. The highest BCUT2D eigenvalue weighted by atomic mass is 16.5. The fourth-order valence-electron chi connectivity index (χ4n) is 4.84. The number of hydrogen-bond acceptors (Lipinski definition) is 3. The molecule has 2 saturated heterocycles. The highest BCUT2D eigenvalue weighted by molar-refractivity contribution is 4.98. The summed E-state index contributed by atoms with van der Waals surface area (Å²) in [6.07, 6.45) is 11.7. The fourth-order valence-corrected chi connectivity index (χ4v) is 4.84. The lowest BCUT2D eigenvalue weighted by atomic mass is 9.68. The zero-order valence-corrected chi connectivity index (χ0v) is 11.6. The summed E-state index contributed by atoms with van der Waals surface area (Å²) in [5.74, 6) is 8.25. The number of nitrogens with two attached hydrogens (primary N) is 1. The Morgan fingerprint density at radius 3 is 2.61 bits per heavy atom. The second-order valence-electron chi connectivity index (χ2n) is 6.58. The van der Waals surface area contributed by atoms with Gasteiger partial charge in [-0.1, -0.05) is 32.6 Å². The predicted molar refractivity (Wildman–Crippen MR) is 72.9 cm³/mol. The molecule has 18 heavy (non-hydrogen) atoms. The Kier molecular flexibility index (Phi) is 3.92. The largest absolute Gasteiger partial charge is 0.375 e. The molecule has 3 fully saturated rings. The first kappa shape index (κ1) is 12.9. The number of ether oxygens (including phenoxy) is 1. The van der Waals surface area contributed by atoms with Crippen molar-refractivity contribution in [1.82, 2.24) is 5.43 Å². The Morgan fingerprint density at radius 2 is 2.00 bits per heavy atom. The van der Waals surface area contributed by atoms with Crippen molar-refractivity contribution < 1.29 is 4.74 Å². The average molecular weight is 252 g/mol. The predicted octanol–water partition coefficient (Wildman–Crippen LogP) is 2.60. The van der Waals surface area contributed by atoms with E-state index in [-0.39, 0.29) is 0 Å². The van der Waals surface area contributed by atoms with Gasteiger partial charge in [0, 0.05) is 12.0 Å². The standard InChI is InChI=1S/C15H28N2O/c1-2-10-5-3-4-6-12(10)15(17-16)13-9-11-7-8-14(13)18-11/h10-15,17H,2-9,16H2,1H3. The molecule has 3 N–H and O–H groups in total. The molecule has 1 saturated carbocycles. The van der Waals surface area contributed by atoms with Crippen LogP contribution in [0.3, 0.4) is 0 Å². The van der Waals surface area contributed by atoms with E-state index in [0.29, 0.717) is 24.2 Å². The van der Waals surface area contributed by atoms with Crippen LogP contribution in [0.2, 0.25) is 0 Å². The molecule has 0 spiro atoms. The van der Waals surface area contributed by atoms with Crippen LogP contribution in [0.15, 0.2) is 0 Å². The van der Waals surface area contributed by atoms with Crippen molar-refractivity contribution >= 4 is 0 Å². The van der Waals surface area contributed by atoms with Crippen LogP contribution < -0.4 is 11.3 Å². The minimum absolute atomic E-state index is 0.491. The molecule has 2 bridgehead atoms. The summed E-state index contributed by atoms with van der Waals surface area (Å²) in [6, 6.07) is 0.491. The summed E-state index contributed by atoms with van der Waals surface area (Å²) >= 11 is 0. The zero-order valence-electron chi connectivity index (χ0n) is 11.6. The second-order valence-corrected chi connectivity index (χ2v) is 6.58. The Bertz CT molecular complexity index is 284. The molecule has 0 radical (unpaired) electrons. The van der Waals surface area contributed by atoms with Crippen molar-refractivity contribution in [2.45, 2.75) is 76.5 Å². The van der Waals surface area contributed by atoms with Gasteiger partial charge >= 0.3 is 0 Å². The third-order valence-corrected chi connectivity index (χ3v) is 5.76. The van der Waals surface area contributed by atoms with Crippen molar-refractivity contribution in [1.29, 1.82) is 0 Å². The number of hydrazine groups is 1. The van der Waals surface area contributed by atoms with E-state index in [2.05, 4.69) is 12.3 Å². The van der Waals surface area contributed by atoms with E-state index >= 15 is 0 Å². The fraction of sp³-hybridized carbons (Fsp3) is 1.00. The van der Waals surface area contributed by atoms with Gasteiger partial charge in [0.05, 0.1) is 12.2 Å². The van der Waals surface area contributed by atoms with E-state index in [1.807, 2.05) is 0 Å². The molecule has 0 aromatic heterocycles. The van der Waals surface area contributed by atoms with Crippen LogP contribution in [-0.4, -0.2) is 18.2 Å². The first-order valence-corrected chi connectivity index (χ1v) is 7.95. The van der Waals surface area contributed by atoms with E-state index in [1.54, 1.807) is 0 Å². The normalized spacial score (nSPS) is 45.3. The molecule has 2 aliphatic heterocycles. The van der Waals surface area contributed by atoms with Crippen molar-refractivity contribution in [3.05, 3.63) is 0 Å². The molecular weight excluding hydrogens is 224 g/mol. The Morgan fingerprint density at radius 1 is 1.17 bits per heavy atom. The number of hydrogen-bond donors (Lipinski definition) is 2. The van der Waals surface area contributed by atoms with Crippen LogP contribution in [0.25, 0.3) is 0 Å². The van der Waals surface area contributed by atoms with Gasteiger partial charge in [0.1, 0.15) is 0 Å². The SMILES string of the molecule is CCC1CCCCC1C(NN)C1CC2CCC1O2. The van der Waals surface area contributed by atoms with E-state index in [4.69, 9.17) is 10.6 Å². The van der Waals surface area contributed by atoms with Gasteiger partial charge in [-0.15, -0.1) is 0 Å². The molecule has 3 aliphatic rings. The molecule has 3 nitrogen and oxygen atoms in total. The molecule has 3 heteroatoms. The maximum Gasteiger partial charge on any atom is 0.0624 e. The van der Waals surface area contributed by atoms with Crippen LogP contribution >= 0.6 is 0 Å². The molecule has 3 rings (SSSR count). The Hall–Kier alpha value is -0.120. The molecular formula is C15H28N2O. The average Bonchev–Trinajstić information content (AvgIpc) is 3.03. The summed E-state index contributed by atoms with van der Waals surface area (Å²) < 4.78 is 6.03. The minimum atomic E-state index is 0.491. The van der Waals surface area contributed by atoms with Crippen molar-refractivity contribution in [3.63, 3.8) is 0 Å². The van der Waals surface area contributed by atoms with Crippen molar-refractivity contribution in [2.24, 2.45) is 23.6 Å². The first-order valence-electron chi connectivity index (χ1n) is 7.95. The van der Waals surface area contributed by atoms with Gasteiger partial charge in [-0.25, -0.2) is 0 Å². The topological polar surface area (TPSA) is 47.3 Å². The quantitative estimate of drug-likeness (QED) is 0.597. The van der Waals surface area contributed by atoms with Crippen LogP contribution in [0.1, 0.15) is 58.3 Å². The summed E-state index contributed by atoms with van der Waals surface area (Å²) in [7, 11) is 0. The van der Waals surface area contributed by atoms with Gasteiger partial charge < -0.3 is 4.74 Å². The zero-order chi connectivity index (χ0) is 12.5. The molecule has 1 aliphatic carbocycles. The highest BCUT2D eigenvalue weighted by Crippen LogP contribution is 2.45. The highest BCUT2D eigenvalue weighted by Gasteiger charge is 2.47. The van der Waals surface area contributed by atoms with Gasteiger partial charge in [-0.05, 0) is 37.5 Å². The molecule has 0 amide bonds. The summed E-state index contributed by atoms with van der Waals surface area (Å²) in [4.78, 5) is 0. The van der Waals surface area contributed by atoms with E-state index in [0.717, 1.165) is 11.8 Å². The van der Waals surface area contributed by atoms with Crippen LogP contribution in [0.5, 0.6) is 0 Å². The maximum absolute atomic E-state index is 6.03. The third kappa shape index (κ3) is 2.21. The number of nitrogens with one attached hydrogen (secondary N) is 1. The number of rotatable bonds is 4. The van der Waals surface area contributed by atoms with Gasteiger partial charge in [0.25, 0.3) is 0 Å². The Labute approximate surface area is 111 Å². The summed E-state index contributed by atoms with van der Waals surface area (Å²) in [5.41, 5.74) is 3.18. The van der Waals surface area contributed by atoms with Crippen molar-refractivity contribution in [2.75, 3.05) is 0 Å². The van der Waals surface area contributed by atoms with E-state index in [9.17, 15) is 0 Å². The van der Waals surface area contributed by atoms with Crippen LogP contribution in [-0.2, 0) is 4.74 Å². The van der Waals surface area contributed by atoms with Gasteiger partial charge in [-0.2, -0.15) is 0 Å². The summed E-state index contributed by atoms with van der Waals surface area (Å²) in [6.45, 7) is 2.34. The van der Waals surface area contributed by atoms with Gasteiger partial charge in [0.15, 0.2) is 0 Å². The van der Waals surface area contributed by atoms with Gasteiger partial charge in [0.2, 0.25) is 0 Å². The number of fused-ring (bicyclic) bond motifs is 2. The van der Waals surface area contributed by atoms with Crippen LogP contribution in [0, 0.1) is 17.8 Å². The summed E-state index contributed by atoms with van der Waals surface area (Å²) in [5, 5.41) is 0. The molecule has 6 unspecified atom stereocenters. The molecule has 6 atom stereocenters. The van der Waals surface area contributed by atoms with Gasteiger partial charge in [-0.3, -0.25) is 11.3 Å².